The van der Waals surface area contributed by atoms with Gasteiger partial charge in [-0.25, -0.2) is 13.1 Å². The lowest BCUT2D eigenvalue weighted by molar-refractivity contribution is 0.102. The van der Waals surface area contributed by atoms with E-state index in [1.54, 1.807) is 0 Å². The van der Waals surface area contributed by atoms with Crippen LogP contribution in [0.2, 0.25) is 0 Å². The van der Waals surface area contributed by atoms with Gasteiger partial charge in [0.2, 0.25) is 10.0 Å². The standard InChI is InChI=1S/C20H26N2O3S/c1-5-14-21-26(24,25)16-12-10-15(11-13-16)19(23)22-18-9-7-6-8-17(18)20(2,3)4/h6-13,21H,5,14H2,1-4H3,(H,22,23). The molecule has 0 heterocycles. The molecule has 0 saturated heterocycles. The van der Waals surface area contributed by atoms with Crippen molar-refractivity contribution >= 4 is 21.6 Å². The van der Waals surface area contributed by atoms with Gasteiger partial charge in [-0.1, -0.05) is 45.9 Å². The van der Waals surface area contributed by atoms with Crippen LogP contribution in [-0.4, -0.2) is 20.9 Å². The largest absolute Gasteiger partial charge is 0.322 e. The van der Waals surface area contributed by atoms with E-state index in [0.29, 0.717) is 18.5 Å². The van der Waals surface area contributed by atoms with Gasteiger partial charge < -0.3 is 5.32 Å². The SMILES string of the molecule is CCCNS(=O)(=O)c1ccc(C(=O)Nc2ccccc2C(C)(C)C)cc1. The highest BCUT2D eigenvalue weighted by atomic mass is 32.2. The quantitative estimate of drug-likeness (QED) is 0.804. The molecule has 0 aliphatic carbocycles. The normalized spacial score (nSPS) is 12.0. The van der Waals surface area contributed by atoms with Gasteiger partial charge in [0, 0.05) is 17.8 Å². The van der Waals surface area contributed by atoms with Crippen LogP contribution in [0.5, 0.6) is 0 Å². The molecule has 0 atom stereocenters. The molecule has 2 aromatic carbocycles. The van der Waals surface area contributed by atoms with Gasteiger partial charge in [0.05, 0.1) is 4.90 Å². The Kier molecular flexibility index (Phi) is 6.21. The highest BCUT2D eigenvalue weighted by Crippen LogP contribution is 2.29. The molecule has 0 unspecified atom stereocenters. The number of sulfonamides is 1. The van der Waals surface area contributed by atoms with E-state index in [0.717, 1.165) is 11.3 Å². The number of nitrogens with one attached hydrogen (secondary N) is 2. The van der Waals surface area contributed by atoms with Crippen LogP contribution in [0.1, 0.15) is 50.0 Å². The fourth-order valence-electron chi connectivity index (χ4n) is 2.55. The Hall–Kier alpha value is -2.18. The molecular weight excluding hydrogens is 348 g/mol. The minimum Gasteiger partial charge on any atom is -0.322 e. The van der Waals surface area contributed by atoms with Crippen LogP contribution in [0.15, 0.2) is 53.4 Å². The summed E-state index contributed by atoms with van der Waals surface area (Å²) in [4.78, 5) is 12.7. The van der Waals surface area contributed by atoms with E-state index in [-0.39, 0.29) is 16.2 Å². The van der Waals surface area contributed by atoms with Crippen LogP contribution in [0, 0.1) is 0 Å². The first-order chi connectivity index (χ1) is 12.1. The van der Waals surface area contributed by atoms with E-state index in [1.165, 1.54) is 24.3 Å². The average Bonchev–Trinajstić information content (AvgIpc) is 2.59. The highest BCUT2D eigenvalue weighted by molar-refractivity contribution is 7.89. The predicted molar refractivity (Wildman–Crippen MR) is 105 cm³/mol. The van der Waals surface area contributed by atoms with Gasteiger partial charge in [0.15, 0.2) is 0 Å². The molecule has 0 bridgehead atoms. The van der Waals surface area contributed by atoms with Gasteiger partial charge >= 0.3 is 0 Å². The third-order valence-electron chi connectivity index (χ3n) is 3.95. The van der Waals surface area contributed by atoms with Crippen molar-refractivity contribution in [1.82, 2.24) is 4.72 Å². The summed E-state index contributed by atoms with van der Waals surface area (Å²) in [5.74, 6) is -0.271. The Morgan fingerprint density at radius 3 is 2.19 bits per heavy atom. The van der Waals surface area contributed by atoms with E-state index in [4.69, 9.17) is 0 Å². The molecule has 2 aromatic rings. The van der Waals surface area contributed by atoms with Crippen LogP contribution < -0.4 is 10.0 Å². The van der Waals surface area contributed by atoms with Crippen LogP contribution >= 0.6 is 0 Å². The molecule has 1 amide bonds. The van der Waals surface area contributed by atoms with E-state index in [1.807, 2.05) is 31.2 Å². The molecule has 6 heteroatoms. The first-order valence-electron chi connectivity index (χ1n) is 8.66. The second-order valence-electron chi connectivity index (χ2n) is 7.17. The summed E-state index contributed by atoms with van der Waals surface area (Å²) >= 11 is 0. The lowest BCUT2D eigenvalue weighted by atomic mass is 9.86. The second kappa shape index (κ2) is 8.01. The smallest absolute Gasteiger partial charge is 0.255 e. The highest BCUT2D eigenvalue weighted by Gasteiger charge is 2.19. The molecule has 0 aromatic heterocycles. The van der Waals surface area contributed by atoms with E-state index < -0.39 is 10.0 Å². The van der Waals surface area contributed by atoms with Crippen LogP contribution in [0.25, 0.3) is 0 Å². The molecule has 0 fully saturated rings. The molecular formula is C20H26N2O3S. The van der Waals surface area contributed by atoms with Crippen molar-refractivity contribution in [3.63, 3.8) is 0 Å². The number of carbonyl (C=O) groups excluding carboxylic acids is 1. The maximum absolute atomic E-state index is 12.6. The van der Waals surface area contributed by atoms with Gasteiger partial charge in [-0.3, -0.25) is 4.79 Å². The van der Waals surface area contributed by atoms with Crippen molar-refractivity contribution in [2.45, 2.75) is 44.4 Å². The Bertz CT molecular complexity index is 867. The summed E-state index contributed by atoms with van der Waals surface area (Å²) in [6.45, 7) is 8.53. The molecule has 5 nitrogen and oxygen atoms in total. The Morgan fingerprint density at radius 2 is 1.62 bits per heavy atom. The van der Waals surface area contributed by atoms with Gasteiger partial charge in [-0.2, -0.15) is 0 Å². The second-order valence-corrected chi connectivity index (χ2v) is 8.94. The molecule has 2 N–H and O–H groups in total. The third kappa shape index (κ3) is 4.93. The van der Waals surface area contributed by atoms with Crippen molar-refractivity contribution in [1.29, 1.82) is 0 Å². The third-order valence-corrected chi connectivity index (χ3v) is 5.43. The van der Waals surface area contributed by atoms with Crippen LogP contribution in [0.4, 0.5) is 5.69 Å². The summed E-state index contributed by atoms with van der Waals surface area (Å²) < 4.78 is 26.7. The molecule has 2 rings (SSSR count). The number of hydrogen-bond acceptors (Lipinski definition) is 3. The van der Waals surface area contributed by atoms with Crippen molar-refractivity contribution in [3.05, 3.63) is 59.7 Å². The number of rotatable bonds is 6. The topological polar surface area (TPSA) is 75.3 Å². The molecule has 26 heavy (non-hydrogen) atoms. The Balaban J connectivity index is 2.20. The maximum atomic E-state index is 12.6. The van der Waals surface area contributed by atoms with Crippen LogP contribution in [0.3, 0.4) is 0 Å². The minimum atomic E-state index is -3.53. The molecule has 0 radical (unpaired) electrons. The summed E-state index contributed by atoms with van der Waals surface area (Å²) in [6, 6.07) is 13.6. The summed E-state index contributed by atoms with van der Waals surface area (Å²) in [6.07, 6.45) is 0.715. The zero-order valence-corrected chi connectivity index (χ0v) is 16.5. The van der Waals surface area contributed by atoms with Gasteiger partial charge in [0.25, 0.3) is 5.91 Å². The number of para-hydroxylation sites is 1. The number of amides is 1. The van der Waals surface area contributed by atoms with Crippen molar-refractivity contribution < 1.29 is 13.2 Å². The fraction of sp³-hybridized carbons (Fsp3) is 0.350. The Morgan fingerprint density at radius 1 is 1.00 bits per heavy atom. The van der Waals surface area contributed by atoms with Crippen LogP contribution in [-0.2, 0) is 15.4 Å². The number of carbonyl (C=O) groups is 1. The van der Waals surface area contributed by atoms with Crippen molar-refractivity contribution in [3.8, 4) is 0 Å². The minimum absolute atomic E-state index is 0.104. The first kappa shape index (κ1) is 20.1. The molecule has 140 valence electrons. The van der Waals surface area contributed by atoms with E-state index >= 15 is 0 Å². The molecule has 0 spiro atoms. The molecule has 0 aliphatic heterocycles. The number of benzene rings is 2. The monoisotopic (exact) mass is 374 g/mol. The lowest BCUT2D eigenvalue weighted by Crippen LogP contribution is -2.24. The van der Waals surface area contributed by atoms with Crippen molar-refractivity contribution in [2.24, 2.45) is 0 Å². The predicted octanol–water partition coefficient (Wildman–Crippen LogP) is 3.92. The van der Waals surface area contributed by atoms with Gasteiger partial charge in [-0.05, 0) is 47.7 Å². The van der Waals surface area contributed by atoms with Crippen molar-refractivity contribution in [2.75, 3.05) is 11.9 Å². The molecule has 0 aliphatic rings. The Labute approximate surface area is 155 Å². The lowest BCUT2D eigenvalue weighted by Gasteiger charge is -2.23. The maximum Gasteiger partial charge on any atom is 0.255 e. The summed E-state index contributed by atoms with van der Waals surface area (Å²) in [7, 11) is -3.53. The zero-order valence-electron chi connectivity index (χ0n) is 15.7. The number of anilines is 1. The summed E-state index contributed by atoms with van der Waals surface area (Å²) in [5, 5.41) is 2.92. The van der Waals surface area contributed by atoms with Gasteiger partial charge in [0.1, 0.15) is 0 Å². The zero-order chi connectivity index (χ0) is 19.4. The summed E-state index contributed by atoms with van der Waals surface area (Å²) in [5.41, 5.74) is 2.10. The fourth-order valence-corrected chi connectivity index (χ4v) is 3.68. The van der Waals surface area contributed by atoms with Gasteiger partial charge in [-0.15, -0.1) is 0 Å². The number of hydrogen-bond donors (Lipinski definition) is 2. The van der Waals surface area contributed by atoms with E-state index in [9.17, 15) is 13.2 Å². The first-order valence-corrected chi connectivity index (χ1v) is 10.1. The molecule has 0 saturated carbocycles. The average molecular weight is 375 g/mol. The van der Waals surface area contributed by atoms with E-state index in [2.05, 4.69) is 30.8 Å².